The van der Waals surface area contributed by atoms with Crippen molar-refractivity contribution >= 4 is 38.3 Å². The highest BCUT2D eigenvalue weighted by Crippen LogP contribution is 2.40. The molecule has 0 aliphatic heterocycles. The van der Waals surface area contributed by atoms with Crippen LogP contribution in [0.1, 0.15) is 36.5 Å². The Balaban J connectivity index is 1.56. The third-order valence-corrected chi connectivity index (χ3v) is 7.52. The maximum absolute atomic E-state index is 12.8. The molecule has 1 aliphatic rings. The summed E-state index contributed by atoms with van der Waals surface area (Å²) in [6, 6.07) is 3.40. The number of nitrogens with one attached hydrogen (secondary N) is 1. The van der Waals surface area contributed by atoms with Gasteiger partial charge in [-0.1, -0.05) is 6.92 Å². The van der Waals surface area contributed by atoms with Crippen molar-refractivity contribution in [3.63, 3.8) is 0 Å². The topological polar surface area (TPSA) is 93.2 Å². The first-order valence-electron chi connectivity index (χ1n) is 11.2. The van der Waals surface area contributed by atoms with E-state index in [-0.39, 0.29) is 5.56 Å². The van der Waals surface area contributed by atoms with Gasteiger partial charge in [-0.15, -0.1) is 11.3 Å². The summed E-state index contributed by atoms with van der Waals surface area (Å²) in [6.45, 7) is 5.55. The molecule has 1 unspecified atom stereocenters. The Bertz CT molecular complexity index is 1400. The van der Waals surface area contributed by atoms with Crippen LogP contribution in [0.15, 0.2) is 23.3 Å². The fourth-order valence-corrected chi connectivity index (χ4v) is 5.95. The summed E-state index contributed by atoms with van der Waals surface area (Å²) in [7, 11) is 3.12. The minimum absolute atomic E-state index is 0.207. The molecule has 172 valence electrons. The lowest BCUT2D eigenvalue weighted by Crippen LogP contribution is -2.26. The lowest BCUT2D eigenvalue weighted by atomic mass is 9.89. The first-order valence-corrected chi connectivity index (χ1v) is 12.0. The van der Waals surface area contributed by atoms with Crippen molar-refractivity contribution in [2.24, 2.45) is 5.92 Å². The molecule has 1 atom stereocenters. The third-order valence-electron chi connectivity index (χ3n) is 6.35. The highest BCUT2D eigenvalue weighted by molar-refractivity contribution is 7.19. The van der Waals surface area contributed by atoms with E-state index in [4.69, 9.17) is 14.5 Å². The molecule has 0 fully saturated rings. The summed E-state index contributed by atoms with van der Waals surface area (Å²) in [5.41, 5.74) is 1.75. The van der Waals surface area contributed by atoms with Crippen LogP contribution in [-0.2, 0) is 19.4 Å². The minimum Gasteiger partial charge on any atom is -0.493 e. The van der Waals surface area contributed by atoms with E-state index in [2.05, 4.69) is 33.7 Å². The Hall–Kier alpha value is -3.20. The van der Waals surface area contributed by atoms with Gasteiger partial charge in [-0.25, -0.2) is 15.0 Å². The Labute approximate surface area is 195 Å². The molecule has 4 aromatic rings. The second-order valence-corrected chi connectivity index (χ2v) is 9.56. The molecule has 33 heavy (non-hydrogen) atoms. The molecule has 1 aromatic carbocycles. The van der Waals surface area contributed by atoms with Gasteiger partial charge in [-0.2, -0.15) is 0 Å². The highest BCUT2D eigenvalue weighted by Gasteiger charge is 2.25. The number of hydrogen-bond acceptors (Lipinski definition) is 8. The van der Waals surface area contributed by atoms with Gasteiger partial charge >= 0.3 is 0 Å². The molecule has 8 nitrogen and oxygen atoms in total. The normalized spacial score (nSPS) is 15.6. The number of benzene rings is 1. The number of hydrogen-bond donors (Lipinski definition) is 1. The van der Waals surface area contributed by atoms with Crippen molar-refractivity contribution in [1.82, 2.24) is 19.9 Å². The SMILES string of the molecule is CCN(Cc1nc2cc(OC)c(OC)cc2c(=O)[nH]1)c1ncnc2sc3c(c12)CCC(C)C3. The molecule has 5 rings (SSSR count). The van der Waals surface area contributed by atoms with Crippen molar-refractivity contribution in [3.8, 4) is 11.5 Å². The fraction of sp³-hybridized carbons (Fsp3) is 0.417. The van der Waals surface area contributed by atoms with Gasteiger partial charge in [0.1, 0.15) is 22.8 Å². The maximum atomic E-state index is 12.8. The number of aromatic amines is 1. The van der Waals surface area contributed by atoms with Crippen molar-refractivity contribution < 1.29 is 9.47 Å². The van der Waals surface area contributed by atoms with Gasteiger partial charge in [-0.05, 0) is 43.7 Å². The Morgan fingerprint density at radius 2 is 2.00 bits per heavy atom. The van der Waals surface area contributed by atoms with Crippen LogP contribution in [0.2, 0.25) is 0 Å². The van der Waals surface area contributed by atoms with Gasteiger partial charge in [0.25, 0.3) is 5.56 Å². The molecule has 1 aliphatic carbocycles. The first-order chi connectivity index (χ1) is 16.0. The number of rotatable bonds is 6. The molecule has 9 heteroatoms. The van der Waals surface area contributed by atoms with E-state index < -0.39 is 0 Å². The maximum Gasteiger partial charge on any atom is 0.258 e. The summed E-state index contributed by atoms with van der Waals surface area (Å²) in [5, 5.41) is 1.62. The second kappa shape index (κ2) is 8.62. The van der Waals surface area contributed by atoms with E-state index in [1.165, 1.54) is 16.9 Å². The summed E-state index contributed by atoms with van der Waals surface area (Å²) in [5.74, 6) is 3.22. The predicted octanol–water partition coefficient (Wildman–Crippen LogP) is 4.10. The van der Waals surface area contributed by atoms with Crippen LogP contribution >= 0.6 is 11.3 Å². The number of methoxy groups -OCH3 is 2. The quantitative estimate of drug-likeness (QED) is 0.458. The molecule has 0 saturated heterocycles. The van der Waals surface area contributed by atoms with E-state index in [0.29, 0.717) is 40.7 Å². The molecule has 0 bridgehead atoms. The number of thiophene rings is 1. The van der Waals surface area contributed by atoms with Crippen LogP contribution in [-0.4, -0.2) is 40.7 Å². The lowest BCUT2D eigenvalue weighted by Gasteiger charge is -2.24. The molecule has 0 radical (unpaired) electrons. The number of ether oxygens (including phenoxy) is 2. The van der Waals surface area contributed by atoms with Crippen molar-refractivity contribution in [1.29, 1.82) is 0 Å². The first kappa shape index (κ1) is 21.6. The van der Waals surface area contributed by atoms with Crippen LogP contribution in [0, 0.1) is 5.92 Å². The van der Waals surface area contributed by atoms with Crippen molar-refractivity contribution in [3.05, 3.63) is 45.1 Å². The zero-order valence-corrected chi connectivity index (χ0v) is 20.1. The van der Waals surface area contributed by atoms with Crippen LogP contribution in [0.3, 0.4) is 0 Å². The molecule has 0 amide bonds. The summed E-state index contributed by atoms with van der Waals surface area (Å²) >= 11 is 1.79. The van der Waals surface area contributed by atoms with Gasteiger partial charge in [0.2, 0.25) is 0 Å². The molecule has 3 aromatic heterocycles. The van der Waals surface area contributed by atoms with Gasteiger partial charge in [-0.3, -0.25) is 4.79 Å². The molecule has 0 spiro atoms. The summed E-state index contributed by atoms with van der Waals surface area (Å²) in [4.78, 5) is 34.4. The monoisotopic (exact) mass is 465 g/mol. The van der Waals surface area contributed by atoms with Crippen molar-refractivity contribution in [2.45, 2.75) is 39.7 Å². The zero-order chi connectivity index (χ0) is 23.1. The van der Waals surface area contributed by atoms with E-state index in [1.807, 2.05) is 0 Å². The van der Waals surface area contributed by atoms with Crippen LogP contribution in [0.5, 0.6) is 11.5 Å². The molecule has 3 heterocycles. The van der Waals surface area contributed by atoms with Gasteiger partial charge in [0.15, 0.2) is 11.5 Å². The second-order valence-electron chi connectivity index (χ2n) is 8.48. The van der Waals surface area contributed by atoms with Gasteiger partial charge in [0, 0.05) is 17.5 Å². The number of H-pyrrole nitrogens is 1. The number of aryl methyl sites for hydroxylation is 1. The van der Waals surface area contributed by atoms with Gasteiger partial charge in [0.05, 0.1) is 37.1 Å². The van der Waals surface area contributed by atoms with E-state index in [1.54, 1.807) is 44.0 Å². The Morgan fingerprint density at radius 3 is 2.76 bits per heavy atom. The molecular formula is C24H27N5O3S. The number of fused-ring (bicyclic) bond motifs is 4. The average molecular weight is 466 g/mol. The number of anilines is 1. The standard InChI is InChI=1S/C24H27N5O3S/c1-5-29(22-21-14-7-6-13(2)8-19(14)33-24(21)26-12-25-22)11-20-27-16-10-18(32-4)17(31-3)9-15(16)23(30)28-20/h9-10,12-13H,5-8,11H2,1-4H3,(H,27,28,30). The Kier molecular flexibility index (Phi) is 5.65. The highest BCUT2D eigenvalue weighted by atomic mass is 32.1. The number of nitrogens with zero attached hydrogens (tertiary/aromatic N) is 4. The zero-order valence-electron chi connectivity index (χ0n) is 19.3. The third kappa shape index (κ3) is 3.80. The van der Waals surface area contributed by atoms with Gasteiger partial charge < -0.3 is 19.4 Å². The van der Waals surface area contributed by atoms with Crippen LogP contribution < -0.4 is 19.9 Å². The number of aromatic nitrogens is 4. The summed E-state index contributed by atoms with van der Waals surface area (Å²) in [6.07, 6.45) is 4.98. The fourth-order valence-electron chi connectivity index (χ4n) is 4.60. The van der Waals surface area contributed by atoms with E-state index >= 15 is 0 Å². The molecule has 1 N–H and O–H groups in total. The summed E-state index contributed by atoms with van der Waals surface area (Å²) < 4.78 is 10.7. The van der Waals surface area contributed by atoms with Crippen LogP contribution in [0.4, 0.5) is 5.82 Å². The van der Waals surface area contributed by atoms with Crippen LogP contribution in [0.25, 0.3) is 21.1 Å². The average Bonchev–Trinajstić information content (AvgIpc) is 3.19. The largest absolute Gasteiger partial charge is 0.493 e. The minimum atomic E-state index is -0.207. The smallest absolute Gasteiger partial charge is 0.258 e. The van der Waals surface area contributed by atoms with E-state index in [9.17, 15) is 4.79 Å². The van der Waals surface area contributed by atoms with Crippen molar-refractivity contribution in [2.75, 3.05) is 25.7 Å². The predicted molar refractivity (Wildman–Crippen MR) is 131 cm³/mol. The molecular weight excluding hydrogens is 438 g/mol. The van der Waals surface area contributed by atoms with E-state index in [0.717, 1.165) is 35.4 Å². The lowest BCUT2D eigenvalue weighted by molar-refractivity contribution is 0.355. The molecule has 0 saturated carbocycles. The Morgan fingerprint density at radius 1 is 1.21 bits per heavy atom.